The van der Waals surface area contributed by atoms with Crippen LogP contribution < -0.4 is 10.6 Å². The van der Waals surface area contributed by atoms with Gasteiger partial charge in [-0.15, -0.1) is 0 Å². The second kappa shape index (κ2) is 9.92. The maximum absolute atomic E-state index is 12.6. The third kappa shape index (κ3) is 7.09. The third-order valence-electron chi connectivity index (χ3n) is 5.14. The molecule has 7 nitrogen and oxygen atoms in total. The highest BCUT2D eigenvalue weighted by molar-refractivity contribution is 7.91. The highest BCUT2D eigenvalue weighted by Gasteiger charge is 2.30. The molecule has 0 aromatic heterocycles. The van der Waals surface area contributed by atoms with Gasteiger partial charge in [-0.3, -0.25) is 9.59 Å². The van der Waals surface area contributed by atoms with E-state index in [9.17, 15) is 23.1 Å². The van der Waals surface area contributed by atoms with Crippen molar-refractivity contribution in [1.82, 2.24) is 5.32 Å². The smallest absolute Gasteiger partial charge is 0.249 e. The standard InChI is InChI=1S/C22H34N2O5S/c1-15(25)19(24-20(26)16-8-6-5-7-9-16)21(27)23-17-10-12-18(13-11-17)30(28,29)14-22(2,3)4/h10-13,15-16,19,25H,5-9,14H2,1-4H3,(H,23,27)(H,24,26)/t15-,19+/m1/s1. The maximum Gasteiger partial charge on any atom is 0.249 e. The van der Waals surface area contributed by atoms with Crippen LogP contribution >= 0.6 is 0 Å². The molecule has 8 heteroatoms. The van der Waals surface area contributed by atoms with Crippen molar-refractivity contribution in [3.63, 3.8) is 0 Å². The first-order valence-corrected chi connectivity index (χ1v) is 12.2. The Kier molecular flexibility index (Phi) is 8.05. The summed E-state index contributed by atoms with van der Waals surface area (Å²) in [5, 5.41) is 15.3. The molecule has 2 atom stereocenters. The zero-order valence-corrected chi connectivity index (χ0v) is 19.1. The number of hydrogen-bond donors (Lipinski definition) is 3. The average molecular weight is 439 g/mol. The van der Waals surface area contributed by atoms with Gasteiger partial charge in [0.25, 0.3) is 0 Å². The number of rotatable bonds is 7. The van der Waals surface area contributed by atoms with Crippen LogP contribution in [-0.2, 0) is 19.4 Å². The summed E-state index contributed by atoms with van der Waals surface area (Å²) in [5.74, 6) is -0.859. The molecule has 1 aliphatic rings. The SMILES string of the molecule is C[C@@H](O)[C@H](NC(=O)C1CCCCC1)C(=O)Nc1ccc(S(=O)(=O)CC(C)(C)C)cc1. The predicted octanol–water partition coefficient (Wildman–Crippen LogP) is 2.89. The number of nitrogens with one attached hydrogen (secondary N) is 2. The molecule has 0 aliphatic heterocycles. The van der Waals surface area contributed by atoms with Crippen molar-refractivity contribution in [2.24, 2.45) is 11.3 Å². The number of benzene rings is 1. The summed E-state index contributed by atoms with van der Waals surface area (Å²) in [5.41, 5.74) is 0.0273. The minimum absolute atomic E-state index is 0.0169. The minimum Gasteiger partial charge on any atom is -0.391 e. The Bertz CT molecular complexity index is 835. The van der Waals surface area contributed by atoms with E-state index in [1.165, 1.54) is 31.2 Å². The van der Waals surface area contributed by atoms with Gasteiger partial charge in [0.1, 0.15) is 6.04 Å². The molecule has 2 amide bonds. The monoisotopic (exact) mass is 438 g/mol. The van der Waals surface area contributed by atoms with Crippen molar-refractivity contribution in [2.45, 2.75) is 76.8 Å². The fourth-order valence-corrected chi connectivity index (χ4v) is 5.52. The minimum atomic E-state index is -3.43. The molecule has 3 N–H and O–H groups in total. The van der Waals surface area contributed by atoms with Crippen molar-refractivity contribution < 1.29 is 23.1 Å². The van der Waals surface area contributed by atoms with Crippen molar-refractivity contribution in [1.29, 1.82) is 0 Å². The molecule has 0 bridgehead atoms. The lowest BCUT2D eigenvalue weighted by atomic mass is 9.88. The van der Waals surface area contributed by atoms with Gasteiger partial charge in [0, 0.05) is 11.6 Å². The van der Waals surface area contributed by atoms with Crippen LogP contribution in [0.5, 0.6) is 0 Å². The van der Waals surface area contributed by atoms with E-state index in [4.69, 9.17) is 0 Å². The number of carbonyl (C=O) groups is 2. The Labute approximate surface area is 179 Å². The fraction of sp³-hybridized carbons (Fsp3) is 0.636. The molecule has 1 saturated carbocycles. The first-order chi connectivity index (χ1) is 13.9. The number of hydrogen-bond acceptors (Lipinski definition) is 5. The largest absolute Gasteiger partial charge is 0.391 e. The lowest BCUT2D eigenvalue weighted by molar-refractivity contribution is -0.131. The molecule has 0 saturated heterocycles. The number of anilines is 1. The van der Waals surface area contributed by atoms with E-state index in [0.29, 0.717) is 5.69 Å². The summed E-state index contributed by atoms with van der Waals surface area (Å²) in [4.78, 5) is 25.3. The van der Waals surface area contributed by atoms with E-state index in [-0.39, 0.29) is 27.9 Å². The van der Waals surface area contributed by atoms with Gasteiger partial charge in [-0.1, -0.05) is 40.0 Å². The Hall–Kier alpha value is -1.93. The summed E-state index contributed by atoms with van der Waals surface area (Å²) >= 11 is 0. The topological polar surface area (TPSA) is 113 Å². The molecule has 0 spiro atoms. The summed E-state index contributed by atoms with van der Waals surface area (Å²) in [6, 6.07) is 4.85. The van der Waals surface area contributed by atoms with Crippen molar-refractivity contribution in [3.8, 4) is 0 Å². The molecule has 2 rings (SSSR count). The van der Waals surface area contributed by atoms with E-state index in [1.807, 2.05) is 20.8 Å². The second-order valence-corrected chi connectivity index (χ2v) is 11.4. The van der Waals surface area contributed by atoms with Gasteiger partial charge in [0.15, 0.2) is 9.84 Å². The molecular weight excluding hydrogens is 404 g/mol. The summed E-state index contributed by atoms with van der Waals surface area (Å²) in [6.07, 6.45) is 3.63. The van der Waals surface area contributed by atoms with Gasteiger partial charge < -0.3 is 15.7 Å². The van der Waals surface area contributed by atoms with Gasteiger partial charge in [-0.05, 0) is 49.4 Å². The third-order valence-corrected chi connectivity index (χ3v) is 7.38. The van der Waals surface area contributed by atoms with Crippen LogP contribution in [0.2, 0.25) is 0 Å². The predicted molar refractivity (Wildman–Crippen MR) is 117 cm³/mol. The van der Waals surface area contributed by atoms with Crippen LogP contribution in [0.4, 0.5) is 5.69 Å². The Balaban J connectivity index is 2.04. The molecule has 1 aromatic rings. The van der Waals surface area contributed by atoms with Crippen LogP contribution in [0.1, 0.15) is 59.8 Å². The molecule has 1 aliphatic carbocycles. The molecule has 0 heterocycles. The summed E-state index contributed by atoms with van der Waals surface area (Å²) in [7, 11) is -3.43. The van der Waals surface area contributed by atoms with Gasteiger partial charge in [0.2, 0.25) is 11.8 Å². The number of aliphatic hydroxyl groups is 1. The van der Waals surface area contributed by atoms with E-state index in [0.717, 1.165) is 32.1 Å². The Morgan fingerprint density at radius 1 is 1.10 bits per heavy atom. The van der Waals surface area contributed by atoms with Crippen LogP contribution in [0.3, 0.4) is 0 Å². The normalized spacial score (nSPS) is 17.8. The second-order valence-electron chi connectivity index (χ2n) is 9.40. The molecule has 1 aromatic carbocycles. The van der Waals surface area contributed by atoms with Crippen LogP contribution in [0, 0.1) is 11.3 Å². The average Bonchev–Trinajstić information content (AvgIpc) is 2.64. The maximum atomic E-state index is 12.6. The van der Waals surface area contributed by atoms with Crippen molar-refractivity contribution in [2.75, 3.05) is 11.1 Å². The van der Waals surface area contributed by atoms with Crippen molar-refractivity contribution >= 4 is 27.3 Å². The fourth-order valence-electron chi connectivity index (χ4n) is 3.66. The van der Waals surface area contributed by atoms with Crippen LogP contribution in [-0.4, -0.2) is 43.2 Å². The van der Waals surface area contributed by atoms with E-state index >= 15 is 0 Å². The number of carbonyl (C=O) groups excluding carboxylic acids is 2. The van der Waals surface area contributed by atoms with Gasteiger partial charge in [-0.25, -0.2) is 8.42 Å². The molecule has 168 valence electrons. The zero-order valence-electron chi connectivity index (χ0n) is 18.3. The van der Waals surface area contributed by atoms with Gasteiger partial charge in [-0.2, -0.15) is 0 Å². The number of amides is 2. The quantitative estimate of drug-likeness (QED) is 0.606. The Morgan fingerprint density at radius 3 is 2.17 bits per heavy atom. The van der Waals surface area contributed by atoms with E-state index in [1.54, 1.807) is 0 Å². The van der Waals surface area contributed by atoms with Crippen LogP contribution in [0.25, 0.3) is 0 Å². The number of sulfone groups is 1. The zero-order chi connectivity index (χ0) is 22.5. The lowest BCUT2D eigenvalue weighted by Crippen LogP contribution is -2.51. The van der Waals surface area contributed by atoms with Crippen LogP contribution in [0.15, 0.2) is 29.2 Å². The van der Waals surface area contributed by atoms with E-state index < -0.39 is 27.9 Å². The molecule has 0 unspecified atom stereocenters. The lowest BCUT2D eigenvalue weighted by Gasteiger charge is -2.26. The number of aliphatic hydroxyl groups excluding tert-OH is 1. The first-order valence-electron chi connectivity index (χ1n) is 10.5. The highest BCUT2D eigenvalue weighted by atomic mass is 32.2. The first kappa shape index (κ1) is 24.3. The molecule has 1 fully saturated rings. The summed E-state index contributed by atoms with van der Waals surface area (Å²) in [6.45, 7) is 7.03. The summed E-state index contributed by atoms with van der Waals surface area (Å²) < 4.78 is 25.0. The highest BCUT2D eigenvalue weighted by Crippen LogP contribution is 2.25. The molecular formula is C22H34N2O5S. The van der Waals surface area contributed by atoms with Gasteiger partial charge in [0.05, 0.1) is 16.8 Å². The van der Waals surface area contributed by atoms with Crippen molar-refractivity contribution in [3.05, 3.63) is 24.3 Å². The van der Waals surface area contributed by atoms with Gasteiger partial charge >= 0.3 is 0 Å². The molecule has 0 radical (unpaired) electrons. The Morgan fingerprint density at radius 2 is 1.67 bits per heavy atom. The van der Waals surface area contributed by atoms with E-state index in [2.05, 4.69) is 10.6 Å². The molecule has 30 heavy (non-hydrogen) atoms.